The van der Waals surface area contributed by atoms with Gasteiger partial charge in [0.1, 0.15) is 9.79 Å². The second kappa shape index (κ2) is 6.46. The molecule has 0 aliphatic carbocycles. The Balaban J connectivity index is 2.40. The number of nitrogen functional groups attached to an aromatic ring is 1. The number of hydrogen-bond donors (Lipinski definition) is 3. The van der Waals surface area contributed by atoms with Gasteiger partial charge in [0.05, 0.1) is 10.7 Å². The molecule has 0 heterocycles. The van der Waals surface area contributed by atoms with Crippen LogP contribution < -0.4 is 15.6 Å². The average molecular weight is 376 g/mol. The summed E-state index contributed by atoms with van der Waals surface area (Å²) >= 11 is 5.75. The van der Waals surface area contributed by atoms with Crippen LogP contribution in [0.3, 0.4) is 0 Å². The molecule has 7 nitrogen and oxygen atoms in total. The molecule has 0 atom stereocenters. The van der Waals surface area contributed by atoms with Crippen LogP contribution in [0.25, 0.3) is 0 Å². The number of benzene rings is 2. The summed E-state index contributed by atoms with van der Waals surface area (Å²) in [7, 11) is -8.22. The van der Waals surface area contributed by atoms with E-state index in [2.05, 4.69) is 4.72 Å². The second-order valence-corrected chi connectivity index (χ2v) is 8.35. The maximum absolute atomic E-state index is 12.3. The van der Waals surface area contributed by atoms with E-state index in [1.54, 1.807) is 30.3 Å². The van der Waals surface area contributed by atoms with Crippen LogP contribution in [0.1, 0.15) is 5.56 Å². The molecule has 124 valence electrons. The number of rotatable bonds is 5. The van der Waals surface area contributed by atoms with Gasteiger partial charge in [-0.05, 0) is 17.7 Å². The lowest BCUT2D eigenvalue weighted by molar-refractivity contribution is 0.581. The van der Waals surface area contributed by atoms with Gasteiger partial charge in [-0.25, -0.2) is 26.7 Å². The van der Waals surface area contributed by atoms with Crippen molar-refractivity contribution in [3.05, 3.63) is 53.1 Å². The normalized spacial score (nSPS) is 12.3. The quantitative estimate of drug-likeness (QED) is 0.672. The first-order chi connectivity index (χ1) is 10.6. The fraction of sp³-hybridized carbons (Fsp3) is 0.0769. The highest BCUT2D eigenvalue weighted by molar-refractivity contribution is 7.90. The number of primary sulfonamides is 1. The van der Waals surface area contributed by atoms with E-state index in [-0.39, 0.29) is 17.3 Å². The van der Waals surface area contributed by atoms with Crippen LogP contribution in [0.4, 0.5) is 5.69 Å². The van der Waals surface area contributed by atoms with Crippen LogP contribution in [0, 0.1) is 0 Å². The Kier molecular flexibility index (Phi) is 4.97. The van der Waals surface area contributed by atoms with Crippen molar-refractivity contribution in [2.75, 3.05) is 5.73 Å². The number of anilines is 1. The number of sulfonamides is 2. The summed E-state index contributed by atoms with van der Waals surface area (Å²) in [6.07, 6.45) is 0. The van der Waals surface area contributed by atoms with Crippen LogP contribution in [0.15, 0.2) is 52.3 Å². The van der Waals surface area contributed by atoms with Crippen molar-refractivity contribution in [1.29, 1.82) is 0 Å². The first kappa shape index (κ1) is 17.7. The molecule has 0 saturated heterocycles. The Morgan fingerprint density at radius 1 is 1.00 bits per heavy atom. The maximum Gasteiger partial charge on any atom is 0.242 e. The van der Waals surface area contributed by atoms with Crippen molar-refractivity contribution in [3.63, 3.8) is 0 Å². The zero-order chi connectivity index (χ0) is 17.3. The third-order valence-electron chi connectivity index (χ3n) is 2.97. The number of hydrogen-bond acceptors (Lipinski definition) is 5. The van der Waals surface area contributed by atoms with E-state index >= 15 is 0 Å². The standard InChI is InChI=1S/C13H14ClN3O4S2/c14-10-6-11(15)13(7-12(10)22(16,18)19)23(20,21)17-8-9-4-2-1-3-5-9/h1-7,17H,8,15H2,(H2,16,18,19). The van der Waals surface area contributed by atoms with Crippen molar-refractivity contribution >= 4 is 37.3 Å². The Labute approximate surface area is 139 Å². The van der Waals surface area contributed by atoms with E-state index in [9.17, 15) is 16.8 Å². The molecule has 5 N–H and O–H groups in total. The van der Waals surface area contributed by atoms with Crippen LogP contribution in [0.5, 0.6) is 0 Å². The van der Waals surface area contributed by atoms with E-state index in [1.807, 2.05) is 0 Å². The number of nitrogens with one attached hydrogen (secondary N) is 1. The van der Waals surface area contributed by atoms with Crippen molar-refractivity contribution in [3.8, 4) is 0 Å². The van der Waals surface area contributed by atoms with Crippen LogP contribution in [-0.4, -0.2) is 16.8 Å². The smallest absolute Gasteiger partial charge is 0.242 e. The van der Waals surface area contributed by atoms with Crippen molar-refractivity contribution in [2.45, 2.75) is 16.3 Å². The van der Waals surface area contributed by atoms with E-state index in [0.29, 0.717) is 0 Å². The highest BCUT2D eigenvalue weighted by Crippen LogP contribution is 2.29. The minimum Gasteiger partial charge on any atom is -0.398 e. The molecule has 23 heavy (non-hydrogen) atoms. The highest BCUT2D eigenvalue weighted by atomic mass is 35.5. The van der Waals surface area contributed by atoms with Gasteiger partial charge in [0, 0.05) is 6.54 Å². The van der Waals surface area contributed by atoms with Gasteiger partial charge in [0.25, 0.3) is 0 Å². The highest BCUT2D eigenvalue weighted by Gasteiger charge is 2.23. The predicted molar refractivity (Wildman–Crippen MR) is 87.7 cm³/mol. The molecule has 0 spiro atoms. The lowest BCUT2D eigenvalue weighted by Crippen LogP contribution is -2.25. The molecule has 2 aromatic carbocycles. The third kappa shape index (κ3) is 4.21. The average Bonchev–Trinajstić information content (AvgIpc) is 2.44. The molecule has 0 amide bonds. The van der Waals surface area contributed by atoms with Gasteiger partial charge < -0.3 is 5.73 Å². The SMILES string of the molecule is Nc1cc(Cl)c(S(N)(=O)=O)cc1S(=O)(=O)NCc1ccccc1. The number of halogens is 1. The van der Waals surface area contributed by atoms with E-state index in [4.69, 9.17) is 22.5 Å². The Bertz CT molecular complexity index is 929. The molecule has 0 aliphatic heterocycles. The third-order valence-corrected chi connectivity index (χ3v) is 5.80. The summed E-state index contributed by atoms with van der Waals surface area (Å²) in [6, 6.07) is 10.7. The fourth-order valence-corrected chi connectivity index (χ4v) is 4.19. The molecule has 0 unspecified atom stereocenters. The Morgan fingerprint density at radius 2 is 1.61 bits per heavy atom. The van der Waals surface area contributed by atoms with Gasteiger partial charge in [-0.3, -0.25) is 0 Å². The zero-order valence-corrected chi connectivity index (χ0v) is 14.1. The minimum absolute atomic E-state index is 0.0238. The Morgan fingerprint density at radius 3 is 2.17 bits per heavy atom. The zero-order valence-electron chi connectivity index (χ0n) is 11.7. The van der Waals surface area contributed by atoms with Crippen LogP contribution in [-0.2, 0) is 26.6 Å². The maximum atomic E-state index is 12.3. The molecular weight excluding hydrogens is 362 g/mol. The fourth-order valence-electron chi connectivity index (χ4n) is 1.85. The van der Waals surface area contributed by atoms with E-state index in [1.165, 1.54) is 0 Å². The van der Waals surface area contributed by atoms with Crippen molar-refractivity contribution in [2.24, 2.45) is 5.14 Å². The Hall–Kier alpha value is -1.65. The lowest BCUT2D eigenvalue weighted by atomic mass is 10.2. The van der Waals surface area contributed by atoms with Gasteiger partial charge in [0.15, 0.2) is 0 Å². The van der Waals surface area contributed by atoms with Crippen molar-refractivity contribution < 1.29 is 16.8 Å². The van der Waals surface area contributed by atoms with E-state index < -0.39 is 29.8 Å². The molecule has 0 aromatic heterocycles. The number of nitrogens with two attached hydrogens (primary N) is 2. The first-order valence-electron chi connectivity index (χ1n) is 6.26. The molecule has 0 bridgehead atoms. The van der Waals surface area contributed by atoms with Gasteiger partial charge in [-0.2, -0.15) is 0 Å². The molecule has 0 radical (unpaired) electrons. The van der Waals surface area contributed by atoms with Gasteiger partial charge in [-0.1, -0.05) is 41.9 Å². The van der Waals surface area contributed by atoms with Gasteiger partial charge in [-0.15, -0.1) is 0 Å². The predicted octanol–water partition coefficient (Wildman–Crippen LogP) is 1.05. The summed E-state index contributed by atoms with van der Waals surface area (Å²) in [5.41, 5.74) is 6.20. The molecule has 0 saturated carbocycles. The summed E-state index contributed by atoms with van der Waals surface area (Å²) in [5, 5.41) is 4.77. The molecule has 0 fully saturated rings. The molecule has 2 rings (SSSR count). The molecule has 0 aliphatic rings. The van der Waals surface area contributed by atoms with E-state index in [0.717, 1.165) is 17.7 Å². The van der Waals surface area contributed by atoms with Gasteiger partial charge >= 0.3 is 0 Å². The van der Waals surface area contributed by atoms with Crippen LogP contribution >= 0.6 is 11.6 Å². The van der Waals surface area contributed by atoms with Gasteiger partial charge in [0.2, 0.25) is 20.0 Å². The summed E-state index contributed by atoms with van der Waals surface area (Å²) in [6.45, 7) is 0.0238. The molecular formula is C13H14ClN3O4S2. The summed E-state index contributed by atoms with van der Waals surface area (Å²) in [4.78, 5) is -0.907. The summed E-state index contributed by atoms with van der Waals surface area (Å²) in [5.74, 6) is 0. The topological polar surface area (TPSA) is 132 Å². The lowest BCUT2D eigenvalue weighted by Gasteiger charge is -2.11. The molecule has 2 aromatic rings. The summed E-state index contributed by atoms with van der Waals surface area (Å²) < 4.78 is 50.0. The van der Waals surface area contributed by atoms with Crippen molar-refractivity contribution in [1.82, 2.24) is 4.72 Å². The van der Waals surface area contributed by atoms with Crippen LogP contribution in [0.2, 0.25) is 5.02 Å². The monoisotopic (exact) mass is 375 g/mol. The second-order valence-electron chi connectivity index (χ2n) is 4.68. The largest absolute Gasteiger partial charge is 0.398 e. The first-order valence-corrected chi connectivity index (χ1v) is 9.67. The minimum atomic E-state index is -4.18. The molecule has 10 heteroatoms.